The predicted molar refractivity (Wildman–Crippen MR) is 60.5 cm³/mol. The third-order valence-electron chi connectivity index (χ3n) is 2.13. The molecule has 0 aromatic heterocycles. The molecule has 2 N–H and O–H groups in total. The molecule has 1 aromatic rings. The summed E-state index contributed by atoms with van der Waals surface area (Å²) in [5.74, 6) is -2.60. The molecule has 0 unspecified atom stereocenters. The summed E-state index contributed by atoms with van der Waals surface area (Å²) in [6.45, 7) is 1.08. The van der Waals surface area contributed by atoms with E-state index < -0.39 is 43.4 Å². The van der Waals surface area contributed by atoms with Gasteiger partial charge in [-0.3, -0.25) is 14.9 Å². The summed E-state index contributed by atoms with van der Waals surface area (Å²) in [6, 6.07) is 0.526. The van der Waals surface area contributed by atoms with Crippen LogP contribution in [0.5, 0.6) is 0 Å². The highest BCUT2D eigenvalue weighted by Crippen LogP contribution is 2.21. The maximum absolute atomic E-state index is 13.0. The number of carboxylic acid groups (broad SMARTS) is 1. The van der Waals surface area contributed by atoms with Crippen LogP contribution in [-0.4, -0.2) is 30.5 Å². The van der Waals surface area contributed by atoms with Crippen LogP contribution in [0.4, 0.5) is 10.1 Å². The Morgan fingerprint density at radius 1 is 1.53 bits per heavy atom. The van der Waals surface area contributed by atoms with Crippen molar-refractivity contribution < 1.29 is 27.6 Å². The third-order valence-corrected chi connectivity index (χ3v) is 3.67. The van der Waals surface area contributed by atoms with Crippen molar-refractivity contribution in [1.29, 1.82) is 0 Å². The van der Waals surface area contributed by atoms with E-state index in [9.17, 15) is 27.7 Å². The number of benzene rings is 1. The van der Waals surface area contributed by atoms with Gasteiger partial charge in [-0.1, -0.05) is 0 Å². The van der Waals surface area contributed by atoms with E-state index in [1.807, 2.05) is 0 Å². The maximum Gasteiger partial charge on any atom is 0.321 e. The Morgan fingerprint density at radius 2 is 2.11 bits per heavy atom. The maximum atomic E-state index is 13.0. The lowest BCUT2D eigenvalue weighted by molar-refractivity contribution is -0.387. The largest absolute Gasteiger partial charge is 0.480 e. The summed E-state index contributed by atoms with van der Waals surface area (Å²) in [5, 5.41) is 19.1. The van der Waals surface area contributed by atoms with E-state index in [4.69, 9.17) is 5.11 Å². The molecule has 8 nitrogen and oxygen atoms in total. The van der Waals surface area contributed by atoms with Gasteiger partial charge in [-0.15, -0.1) is 0 Å². The van der Waals surface area contributed by atoms with E-state index in [1.54, 1.807) is 4.72 Å². The van der Waals surface area contributed by atoms with Gasteiger partial charge in [0.15, 0.2) is 0 Å². The molecule has 0 fully saturated rings. The van der Waals surface area contributed by atoms with Crippen molar-refractivity contribution >= 4 is 21.7 Å². The molecular weight excluding hydrogens is 283 g/mol. The highest BCUT2D eigenvalue weighted by molar-refractivity contribution is 7.89. The number of rotatable bonds is 5. The van der Waals surface area contributed by atoms with Gasteiger partial charge in [-0.25, -0.2) is 8.42 Å². The molecule has 0 amide bonds. The van der Waals surface area contributed by atoms with Crippen molar-refractivity contribution in [2.45, 2.75) is 17.9 Å². The van der Waals surface area contributed by atoms with Gasteiger partial charge in [0.25, 0.3) is 0 Å². The van der Waals surface area contributed by atoms with Gasteiger partial charge in [-0.05, 0) is 19.1 Å². The van der Waals surface area contributed by atoms with Gasteiger partial charge in [0.05, 0.1) is 9.82 Å². The number of sulfonamides is 1. The number of halogens is 1. The lowest BCUT2D eigenvalue weighted by atomic mass is 10.3. The first kappa shape index (κ1) is 15.0. The second kappa shape index (κ2) is 5.28. The minimum Gasteiger partial charge on any atom is -0.480 e. The highest BCUT2D eigenvalue weighted by atomic mass is 32.2. The monoisotopic (exact) mass is 292 g/mol. The van der Waals surface area contributed by atoms with E-state index >= 15 is 0 Å². The second-order valence-electron chi connectivity index (χ2n) is 3.55. The van der Waals surface area contributed by atoms with Crippen LogP contribution in [0, 0.1) is 15.9 Å². The van der Waals surface area contributed by atoms with E-state index in [2.05, 4.69) is 0 Å². The van der Waals surface area contributed by atoms with Crippen LogP contribution in [0.15, 0.2) is 23.1 Å². The van der Waals surface area contributed by atoms with Crippen molar-refractivity contribution in [2.24, 2.45) is 0 Å². The molecule has 0 spiro atoms. The molecule has 0 heterocycles. The fourth-order valence-electron chi connectivity index (χ4n) is 1.15. The fraction of sp³-hybridized carbons (Fsp3) is 0.222. The average molecular weight is 292 g/mol. The first-order valence-corrected chi connectivity index (χ1v) is 6.32. The Bertz CT molecular complexity index is 630. The van der Waals surface area contributed by atoms with Gasteiger partial charge in [0.1, 0.15) is 6.04 Å². The highest BCUT2D eigenvalue weighted by Gasteiger charge is 2.25. The smallest absolute Gasteiger partial charge is 0.321 e. The molecule has 0 aliphatic carbocycles. The van der Waals surface area contributed by atoms with Crippen LogP contribution in [0.3, 0.4) is 0 Å². The van der Waals surface area contributed by atoms with Crippen molar-refractivity contribution in [3.8, 4) is 0 Å². The molecular formula is C9H9FN2O6S. The molecule has 0 aliphatic heterocycles. The lowest BCUT2D eigenvalue weighted by Gasteiger charge is -2.10. The second-order valence-corrected chi connectivity index (χ2v) is 5.27. The Morgan fingerprint density at radius 3 is 2.58 bits per heavy atom. The number of nitrogens with one attached hydrogen (secondary N) is 1. The van der Waals surface area contributed by atoms with E-state index in [1.165, 1.54) is 0 Å². The average Bonchev–Trinajstić information content (AvgIpc) is 2.27. The summed E-state index contributed by atoms with van der Waals surface area (Å²) in [4.78, 5) is 19.4. The summed E-state index contributed by atoms with van der Waals surface area (Å²) < 4.78 is 38.3. The molecule has 1 rings (SSSR count). The van der Waals surface area contributed by atoms with Crippen molar-refractivity contribution in [1.82, 2.24) is 4.72 Å². The molecule has 0 saturated carbocycles. The third kappa shape index (κ3) is 3.45. The Balaban J connectivity index is 3.19. The topological polar surface area (TPSA) is 127 Å². The zero-order valence-corrected chi connectivity index (χ0v) is 10.3. The lowest BCUT2D eigenvalue weighted by Crippen LogP contribution is -2.38. The predicted octanol–water partition coefficient (Wildman–Crippen LogP) is 0.485. The van der Waals surface area contributed by atoms with Crippen LogP contribution in [0.1, 0.15) is 6.92 Å². The molecule has 1 aromatic carbocycles. The molecule has 0 aliphatic rings. The quantitative estimate of drug-likeness (QED) is 0.600. The summed E-state index contributed by atoms with van der Waals surface area (Å²) >= 11 is 0. The summed E-state index contributed by atoms with van der Waals surface area (Å²) in [5.41, 5.74) is -1.01. The normalized spacial score (nSPS) is 12.9. The van der Waals surface area contributed by atoms with Gasteiger partial charge < -0.3 is 5.11 Å². The van der Waals surface area contributed by atoms with Gasteiger partial charge in [0, 0.05) is 6.07 Å². The van der Waals surface area contributed by atoms with Crippen LogP contribution >= 0.6 is 0 Å². The van der Waals surface area contributed by atoms with E-state index in [0.717, 1.165) is 13.0 Å². The summed E-state index contributed by atoms with van der Waals surface area (Å²) in [7, 11) is -4.28. The number of nitro benzene ring substituents is 1. The number of hydrogen-bond acceptors (Lipinski definition) is 5. The zero-order valence-electron chi connectivity index (χ0n) is 9.53. The molecule has 19 heavy (non-hydrogen) atoms. The molecule has 0 radical (unpaired) electrons. The van der Waals surface area contributed by atoms with E-state index in [0.29, 0.717) is 12.1 Å². The van der Waals surface area contributed by atoms with Crippen molar-refractivity contribution in [2.75, 3.05) is 0 Å². The molecule has 10 heteroatoms. The van der Waals surface area contributed by atoms with Crippen LogP contribution < -0.4 is 4.72 Å². The minimum atomic E-state index is -4.28. The SMILES string of the molecule is C[C@H](NS(=O)(=O)c1ccc(F)c([N+](=O)[O-])c1)C(=O)O. The molecule has 0 saturated heterocycles. The number of carboxylic acids is 1. The van der Waals surface area contributed by atoms with Crippen LogP contribution in [-0.2, 0) is 14.8 Å². The van der Waals surface area contributed by atoms with Gasteiger partial charge in [-0.2, -0.15) is 9.11 Å². The molecule has 104 valence electrons. The Labute approximate surface area is 107 Å². The summed E-state index contributed by atoms with van der Waals surface area (Å²) in [6.07, 6.45) is 0. The van der Waals surface area contributed by atoms with Crippen LogP contribution in [0.25, 0.3) is 0 Å². The number of aliphatic carboxylic acids is 1. The number of hydrogen-bond donors (Lipinski definition) is 2. The van der Waals surface area contributed by atoms with Crippen LogP contribution in [0.2, 0.25) is 0 Å². The van der Waals surface area contributed by atoms with E-state index in [-0.39, 0.29) is 0 Å². The van der Waals surface area contributed by atoms with Crippen molar-refractivity contribution in [3.05, 3.63) is 34.1 Å². The Kier molecular flexibility index (Phi) is 4.17. The standard InChI is InChI=1S/C9H9FN2O6S/c1-5(9(13)14)11-19(17,18)6-2-3-7(10)8(4-6)12(15)16/h2-5,11H,1H3,(H,13,14)/t5-/m0/s1. The first-order valence-electron chi connectivity index (χ1n) is 4.84. The first-order chi connectivity index (χ1) is 8.65. The van der Waals surface area contributed by atoms with Gasteiger partial charge in [0.2, 0.25) is 15.8 Å². The van der Waals surface area contributed by atoms with Crippen molar-refractivity contribution in [3.63, 3.8) is 0 Å². The number of carbonyl (C=O) groups is 1. The number of nitrogens with zero attached hydrogens (tertiary/aromatic N) is 1. The Hall–Kier alpha value is -2.07. The number of nitro groups is 1. The molecule has 0 bridgehead atoms. The zero-order chi connectivity index (χ0) is 14.8. The van der Waals surface area contributed by atoms with Gasteiger partial charge >= 0.3 is 11.7 Å². The fourth-order valence-corrected chi connectivity index (χ4v) is 2.37. The minimum absolute atomic E-state index is 0.520. The molecule has 1 atom stereocenters.